The highest BCUT2D eigenvalue weighted by molar-refractivity contribution is 7.89. The second-order valence-corrected chi connectivity index (χ2v) is 6.18. The molecule has 0 aliphatic rings. The quantitative estimate of drug-likeness (QED) is 0.726. The lowest BCUT2D eigenvalue weighted by molar-refractivity contribution is -0.136. The molecule has 0 amide bonds. The van der Waals surface area contributed by atoms with E-state index >= 15 is 0 Å². The van der Waals surface area contributed by atoms with Gasteiger partial charge in [0.25, 0.3) is 0 Å². The van der Waals surface area contributed by atoms with E-state index in [0.717, 1.165) is 0 Å². The van der Waals surface area contributed by atoms with Gasteiger partial charge in [-0.25, -0.2) is 13.1 Å². The number of rotatable bonds is 5. The number of hydrogen-bond acceptors (Lipinski definition) is 4. The molecule has 9 heteroatoms. The highest BCUT2D eigenvalue weighted by Crippen LogP contribution is 2.26. The van der Waals surface area contributed by atoms with Gasteiger partial charge in [0.1, 0.15) is 4.90 Å². The second-order valence-electron chi connectivity index (χ2n) is 4.32. The molecule has 0 aliphatic carbocycles. The Morgan fingerprint density at radius 3 is 2.40 bits per heavy atom. The van der Waals surface area contributed by atoms with Gasteiger partial charge in [0.15, 0.2) is 0 Å². The molecule has 0 saturated carbocycles. The average Bonchev–Trinajstić information content (AvgIpc) is 2.25. The van der Waals surface area contributed by atoms with Crippen molar-refractivity contribution in [3.05, 3.63) is 18.2 Å². The Balaban J connectivity index is 2.89. The third kappa shape index (κ3) is 4.57. The molecule has 0 fully saturated rings. The Morgan fingerprint density at radius 2 is 1.95 bits per heavy atom. The summed E-state index contributed by atoms with van der Waals surface area (Å²) in [5.41, 5.74) is 5.89. The molecule has 0 aromatic heterocycles. The zero-order chi connectivity index (χ0) is 15.6. The van der Waals surface area contributed by atoms with E-state index in [4.69, 9.17) is 5.73 Å². The lowest BCUT2D eigenvalue weighted by Crippen LogP contribution is -2.24. The Hall–Kier alpha value is -1.48. The van der Waals surface area contributed by atoms with Gasteiger partial charge in [0.2, 0.25) is 10.0 Å². The minimum Gasteiger partial charge on any atom is -0.398 e. The molecular formula is C11H16F3N3O2S. The summed E-state index contributed by atoms with van der Waals surface area (Å²) in [6.45, 7) is 1.38. The first-order valence-corrected chi connectivity index (χ1v) is 7.20. The van der Waals surface area contributed by atoms with Crippen molar-refractivity contribution in [3.63, 3.8) is 0 Å². The Morgan fingerprint density at radius 1 is 1.35 bits per heavy atom. The molecule has 1 atom stereocenters. The van der Waals surface area contributed by atoms with Gasteiger partial charge in [0, 0.05) is 11.7 Å². The number of sulfonamides is 1. The van der Waals surface area contributed by atoms with Gasteiger partial charge in [-0.05, 0) is 32.2 Å². The van der Waals surface area contributed by atoms with Gasteiger partial charge in [-0.15, -0.1) is 0 Å². The number of alkyl halides is 3. The first-order chi connectivity index (χ1) is 9.05. The number of nitrogen functional groups attached to an aromatic ring is 1. The van der Waals surface area contributed by atoms with Crippen LogP contribution >= 0.6 is 0 Å². The molecule has 0 radical (unpaired) electrons. The molecule has 0 heterocycles. The summed E-state index contributed by atoms with van der Waals surface area (Å²) in [4.78, 5) is -0.117. The average molecular weight is 311 g/mol. The van der Waals surface area contributed by atoms with Crippen LogP contribution in [-0.4, -0.2) is 27.7 Å². The zero-order valence-electron chi connectivity index (χ0n) is 11.0. The Labute approximate surface area is 115 Å². The summed E-state index contributed by atoms with van der Waals surface area (Å²) in [6.07, 6.45) is -5.27. The van der Waals surface area contributed by atoms with Gasteiger partial charge in [-0.1, -0.05) is 0 Å². The predicted octanol–water partition coefficient (Wildman–Crippen LogP) is 1.93. The maximum atomic E-state index is 12.2. The van der Waals surface area contributed by atoms with Crippen LogP contribution in [-0.2, 0) is 10.0 Å². The molecule has 4 N–H and O–H groups in total. The number of halogens is 3. The Kier molecular flexibility index (Phi) is 4.87. The molecule has 1 rings (SSSR count). The number of nitrogens with one attached hydrogen (secondary N) is 2. The van der Waals surface area contributed by atoms with Crippen molar-refractivity contribution in [2.75, 3.05) is 18.1 Å². The molecule has 0 spiro atoms. The fraction of sp³-hybridized carbons (Fsp3) is 0.455. The third-order valence-electron chi connectivity index (χ3n) is 2.52. The van der Waals surface area contributed by atoms with Crippen molar-refractivity contribution in [2.24, 2.45) is 0 Å². The van der Waals surface area contributed by atoms with Gasteiger partial charge >= 0.3 is 6.18 Å². The monoisotopic (exact) mass is 311 g/mol. The Bertz CT molecular complexity index is 573. The van der Waals surface area contributed by atoms with Crippen molar-refractivity contribution in [3.8, 4) is 0 Å². The molecule has 0 bridgehead atoms. The van der Waals surface area contributed by atoms with Crippen LogP contribution in [0.15, 0.2) is 23.1 Å². The summed E-state index contributed by atoms with van der Waals surface area (Å²) in [6, 6.07) is 3.05. The first kappa shape index (κ1) is 16.6. The third-order valence-corrected chi connectivity index (χ3v) is 4.01. The molecular weight excluding hydrogens is 295 g/mol. The van der Waals surface area contributed by atoms with E-state index in [9.17, 15) is 21.6 Å². The molecule has 1 aromatic carbocycles. The highest BCUT2D eigenvalue weighted by atomic mass is 32.2. The van der Waals surface area contributed by atoms with E-state index in [1.165, 1.54) is 32.2 Å². The standard InChI is InChI=1S/C11H16F3N3O2S/c1-7(6-11(12,13)14)17-8-3-4-10(9(15)5-8)20(18,19)16-2/h3-5,7,16-17H,6,15H2,1-2H3. The summed E-state index contributed by atoms with van der Waals surface area (Å²) in [5, 5.41) is 2.62. The lowest BCUT2D eigenvalue weighted by atomic mass is 10.2. The van der Waals surface area contributed by atoms with Gasteiger partial charge in [-0.3, -0.25) is 0 Å². The zero-order valence-corrected chi connectivity index (χ0v) is 11.8. The summed E-state index contributed by atoms with van der Waals surface area (Å²) in [7, 11) is -2.44. The summed E-state index contributed by atoms with van der Waals surface area (Å²) in [5.74, 6) is 0. The van der Waals surface area contributed by atoms with Gasteiger partial charge in [0.05, 0.1) is 12.1 Å². The SMILES string of the molecule is CNS(=O)(=O)c1ccc(NC(C)CC(F)(F)F)cc1N. The first-order valence-electron chi connectivity index (χ1n) is 5.71. The van der Waals surface area contributed by atoms with Crippen LogP contribution in [0.25, 0.3) is 0 Å². The minimum atomic E-state index is -4.27. The number of nitrogens with two attached hydrogens (primary N) is 1. The number of hydrogen-bond donors (Lipinski definition) is 3. The molecule has 0 aliphatic heterocycles. The lowest BCUT2D eigenvalue weighted by Gasteiger charge is -2.18. The smallest absolute Gasteiger partial charge is 0.391 e. The summed E-state index contributed by atoms with van der Waals surface area (Å²) < 4.78 is 61.9. The second kappa shape index (κ2) is 5.88. The van der Waals surface area contributed by atoms with Crippen LogP contribution in [0.4, 0.5) is 24.5 Å². The van der Waals surface area contributed by atoms with Crippen molar-refractivity contribution in [1.82, 2.24) is 4.72 Å². The van der Waals surface area contributed by atoms with Gasteiger partial charge < -0.3 is 11.1 Å². The van der Waals surface area contributed by atoms with Crippen LogP contribution in [0.3, 0.4) is 0 Å². The normalized spacial score (nSPS) is 14.1. The minimum absolute atomic E-state index is 0.0384. The fourth-order valence-electron chi connectivity index (χ4n) is 1.68. The van der Waals surface area contributed by atoms with Crippen LogP contribution in [0, 0.1) is 0 Å². The highest BCUT2D eigenvalue weighted by Gasteiger charge is 2.30. The van der Waals surface area contributed by atoms with Crippen LogP contribution in [0.2, 0.25) is 0 Å². The largest absolute Gasteiger partial charge is 0.398 e. The summed E-state index contributed by atoms with van der Waals surface area (Å²) >= 11 is 0. The van der Waals surface area contributed by atoms with Gasteiger partial charge in [-0.2, -0.15) is 13.2 Å². The van der Waals surface area contributed by atoms with Crippen LogP contribution in [0.1, 0.15) is 13.3 Å². The molecule has 20 heavy (non-hydrogen) atoms. The van der Waals surface area contributed by atoms with Crippen molar-refractivity contribution >= 4 is 21.4 Å². The number of benzene rings is 1. The van der Waals surface area contributed by atoms with Crippen LogP contribution in [0.5, 0.6) is 0 Å². The van der Waals surface area contributed by atoms with E-state index < -0.39 is 28.7 Å². The van der Waals surface area contributed by atoms with Crippen molar-refractivity contribution in [2.45, 2.75) is 30.5 Å². The maximum Gasteiger partial charge on any atom is 0.391 e. The predicted molar refractivity (Wildman–Crippen MR) is 70.9 cm³/mol. The van der Waals surface area contributed by atoms with E-state index in [2.05, 4.69) is 10.0 Å². The molecule has 1 unspecified atom stereocenters. The molecule has 0 saturated heterocycles. The molecule has 5 nitrogen and oxygen atoms in total. The molecule has 1 aromatic rings. The maximum absolute atomic E-state index is 12.2. The molecule has 114 valence electrons. The fourth-order valence-corrected chi connectivity index (χ4v) is 2.51. The van der Waals surface area contributed by atoms with E-state index in [1.54, 1.807) is 0 Å². The topological polar surface area (TPSA) is 84.2 Å². The van der Waals surface area contributed by atoms with Crippen LogP contribution < -0.4 is 15.8 Å². The van der Waals surface area contributed by atoms with E-state index in [1.807, 2.05) is 0 Å². The van der Waals surface area contributed by atoms with Crippen molar-refractivity contribution < 1.29 is 21.6 Å². The number of anilines is 2. The van der Waals surface area contributed by atoms with Crippen molar-refractivity contribution in [1.29, 1.82) is 0 Å². The van der Waals surface area contributed by atoms with E-state index in [0.29, 0.717) is 5.69 Å². The van der Waals surface area contributed by atoms with E-state index in [-0.39, 0.29) is 10.6 Å².